The molecule has 1 aliphatic heterocycles. The van der Waals surface area contributed by atoms with E-state index in [1.165, 1.54) is 5.56 Å². The largest absolute Gasteiger partial charge is 0.380 e. The maximum Gasteiger partial charge on any atom is 0.200 e. The highest BCUT2D eigenvalue weighted by molar-refractivity contribution is 7.92. The van der Waals surface area contributed by atoms with Crippen LogP contribution in [0.4, 0.5) is 5.69 Å². The topological polar surface area (TPSA) is 71.5 Å². The van der Waals surface area contributed by atoms with E-state index in [2.05, 4.69) is 39.5 Å². The number of rotatable bonds is 6. The van der Waals surface area contributed by atoms with Crippen molar-refractivity contribution in [1.29, 1.82) is 0 Å². The number of sulfone groups is 1. The minimum Gasteiger partial charge on any atom is -0.380 e. The molecule has 1 fully saturated rings. The van der Waals surface area contributed by atoms with Gasteiger partial charge in [0.25, 0.3) is 0 Å². The number of nitrogens with zero attached hydrogens (tertiary/aromatic N) is 2. The molecular formula is C21H29N3O3S. The summed E-state index contributed by atoms with van der Waals surface area (Å²) in [5.41, 5.74) is 3.26. The Morgan fingerprint density at radius 1 is 1.04 bits per heavy atom. The molecule has 0 bridgehead atoms. The maximum absolute atomic E-state index is 12.4. The predicted octanol–water partition coefficient (Wildman–Crippen LogP) is 3.10. The highest BCUT2D eigenvalue weighted by atomic mass is 32.2. The highest BCUT2D eigenvalue weighted by Gasteiger charge is 2.31. The van der Waals surface area contributed by atoms with Crippen molar-refractivity contribution < 1.29 is 13.2 Å². The molecule has 1 saturated heterocycles. The average Bonchev–Trinajstić information content (AvgIpc) is 2.68. The summed E-state index contributed by atoms with van der Waals surface area (Å²) in [6.07, 6.45) is 1.57. The van der Waals surface area contributed by atoms with Crippen LogP contribution in [-0.4, -0.2) is 49.4 Å². The van der Waals surface area contributed by atoms with Gasteiger partial charge in [0.15, 0.2) is 14.9 Å². The fraction of sp³-hybridized carbons (Fsp3) is 0.476. The van der Waals surface area contributed by atoms with Crippen LogP contribution >= 0.6 is 0 Å². The van der Waals surface area contributed by atoms with Gasteiger partial charge in [0, 0.05) is 26.2 Å². The number of nitrogens with one attached hydrogen (secondary N) is 1. The molecule has 2 aromatic rings. The fourth-order valence-corrected chi connectivity index (χ4v) is 4.01. The van der Waals surface area contributed by atoms with Gasteiger partial charge < -0.3 is 10.1 Å². The van der Waals surface area contributed by atoms with Crippen molar-refractivity contribution in [1.82, 2.24) is 9.88 Å². The summed E-state index contributed by atoms with van der Waals surface area (Å²) in [5.74, 6) is 0. The molecule has 0 aliphatic carbocycles. The Kier molecular flexibility index (Phi) is 6.37. The molecule has 0 spiro atoms. The van der Waals surface area contributed by atoms with Crippen LogP contribution in [0.3, 0.4) is 0 Å². The Labute approximate surface area is 167 Å². The van der Waals surface area contributed by atoms with Crippen molar-refractivity contribution >= 4 is 15.5 Å². The Bertz CT molecular complexity index is 867. The number of anilines is 1. The molecule has 6 nitrogen and oxygen atoms in total. The standard InChI is InChI=1S/C21H29N3O3S/c1-21(2,3)28(25,26)20-9-8-19(15-23-20)22-14-17-4-6-18(7-5-17)16-24-10-12-27-13-11-24/h4-9,15,22H,10-14,16H2,1-3H3. The van der Waals surface area contributed by atoms with Crippen LogP contribution in [0.2, 0.25) is 0 Å². The van der Waals surface area contributed by atoms with E-state index in [1.807, 2.05) is 0 Å². The summed E-state index contributed by atoms with van der Waals surface area (Å²) in [6.45, 7) is 10.2. The van der Waals surface area contributed by atoms with Gasteiger partial charge in [-0.25, -0.2) is 13.4 Å². The molecule has 0 saturated carbocycles. The van der Waals surface area contributed by atoms with E-state index in [0.717, 1.165) is 44.1 Å². The van der Waals surface area contributed by atoms with Crippen LogP contribution in [0.5, 0.6) is 0 Å². The average molecular weight is 404 g/mol. The van der Waals surface area contributed by atoms with Crippen molar-refractivity contribution in [3.63, 3.8) is 0 Å². The van der Waals surface area contributed by atoms with E-state index in [4.69, 9.17) is 4.74 Å². The molecule has 1 aromatic heterocycles. The Balaban J connectivity index is 1.55. The van der Waals surface area contributed by atoms with Gasteiger partial charge in [-0.1, -0.05) is 24.3 Å². The lowest BCUT2D eigenvalue weighted by Crippen LogP contribution is -2.35. The van der Waals surface area contributed by atoms with Gasteiger partial charge in [0.05, 0.1) is 29.8 Å². The summed E-state index contributed by atoms with van der Waals surface area (Å²) >= 11 is 0. The second-order valence-corrected chi connectivity index (χ2v) is 10.7. The van der Waals surface area contributed by atoms with Crippen LogP contribution in [-0.2, 0) is 27.7 Å². The minimum absolute atomic E-state index is 0.109. The zero-order valence-corrected chi connectivity index (χ0v) is 17.6. The van der Waals surface area contributed by atoms with Crippen LogP contribution < -0.4 is 5.32 Å². The molecule has 3 rings (SSSR count). The van der Waals surface area contributed by atoms with Gasteiger partial charge in [-0.2, -0.15) is 0 Å². The molecule has 0 atom stereocenters. The molecule has 7 heteroatoms. The lowest BCUT2D eigenvalue weighted by molar-refractivity contribution is 0.0342. The third-order valence-electron chi connectivity index (χ3n) is 4.85. The van der Waals surface area contributed by atoms with Crippen molar-refractivity contribution in [3.8, 4) is 0 Å². The highest BCUT2D eigenvalue weighted by Crippen LogP contribution is 2.24. The molecule has 1 aliphatic rings. The molecule has 1 aromatic carbocycles. The second kappa shape index (κ2) is 8.59. The normalized spacial score (nSPS) is 16.1. The van der Waals surface area contributed by atoms with E-state index >= 15 is 0 Å². The van der Waals surface area contributed by atoms with E-state index in [9.17, 15) is 8.42 Å². The summed E-state index contributed by atoms with van der Waals surface area (Å²) in [4.78, 5) is 6.54. The van der Waals surface area contributed by atoms with Crippen LogP contribution in [0, 0.1) is 0 Å². The summed E-state index contributed by atoms with van der Waals surface area (Å²) < 4.78 is 29.4. The van der Waals surface area contributed by atoms with E-state index < -0.39 is 14.6 Å². The number of ether oxygens (including phenoxy) is 1. The van der Waals surface area contributed by atoms with Crippen LogP contribution in [0.25, 0.3) is 0 Å². The third kappa shape index (κ3) is 5.10. The molecule has 0 radical (unpaired) electrons. The number of pyridine rings is 1. The first-order valence-electron chi connectivity index (χ1n) is 9.58. The van der Waals surface area contributed by atoms with Gasteiger partial charge in [-0.15, -0.1) is 0 Å². The van der Waals surface area contributed by atoms with Crippen molar-refractivity contribution in [2.24, 2.45) is 0 Å². The first kappa shape index (κ1) is 20.8. The maximum atomic E-state index is 12.4. The van der Waals surface area contributed by atoms with Gasteiger partial charge in [0.1, 0.15) is 0 Å². The predicted molar refractivity (Wildman–Crippen MR) is 111 cm³/mol. The molecule has 1 N–H and O–H groups in total. The van der Waals surface area contributed by atoms with E-state index in [1.54, 1.807) is 39.1 Å². The molecular weight excluding hydrogens is 374 g/mol. The Morgan fingerprint density at radius 3 is 2.25 bits per heavy atom. The second-order valence-electron chi connectivity index (χ2n) is 8.06. The number of morpholine rings is 1. The smallest absolute Gasteiger partial charge is 0.200 e. The minimum atomic E-state index is -3.43. The van der Waals surface area contributed by atoms with Gasteiger partial charge in [0.2, 0.25) is 0 Å². The third-order valence-corrected chi connectivity index (χ3v) is 7.25. The lowest BCUT2D eigenvalue weighted by atomic mass is 10.1. The van der Waals surface area contributed by atoms with Gasteiger partial charge in [-0.3, -0.25) is 4.90 Å². The molecule has 152 valence electrons. The van der Waals surface area contributed by atoms with Crippen molar-refractivity contribution in [2.45, 2.75) is 43.6 Å². The SMILES string of the molecule is CC(C)(C)S(=O)(=O)c1ccc(NCc2ccc(CN3CCOCC3)cc2)cn1. The molecule has 0 unspecified atom stereocenters. The van der Waals surface area contributed by atoms with E-state index in [-0.39, 0.29) is 5.03 Å². The molecule has 28 heavy (non-hydrogen) atoms. The summed E-state index contributed by atoms with van der Waals surface area (Å²) in [7, 11) is -3.43. The lowest BCUT2D eigenvalue weighted by Gasteiger charge is -2.26. The summed E-state index contributed by atoms with van der Waals surface area (Å²) in [5, 5.41) is 3.40. The first-order chi connectivity index (χ1) is 13.3. The Morgan fingerprint density at radius 2 is 1.68 bits per heavy atom. The quantitative estimate of drug-likeness (QED) is 0.799. The number of hydrogen-bond acceptors (Lipinski definition) is 6. The van der Waals surface area contributed by atoms with Gasteiger partial charge in [-0.05, 0) is 44.0 Å². The fourth-order valence-electron chi connectivity index (χ4n) is 2.94. The number of aromatic nitrogens is 1. The first-order valence-corrected chi connectivity index (χ1v) is 11.1. The zero-order valence-electron chi connectivity index (χ0n) is 16.8. The number of benzene rings is 1. The van der Waals surface area contributed by atoms with Crippen LogP contribution in [0.15, 0.2) is 47.6 Å². The van der Waals surface area contributed by atoms with Gasteiger partial charge >= 0.3 is 0 Å². The Hall–Kier alpha value is -1.96. The summed E-state index contributed by atoms with van der Waals surface area (Å²) in [6, 6.07) is 11.9. The number of hydrogen-bond donors (Lipinski definition) is 1. The van der Waals surface area contributed by atoms with Crippen molar-refractivity contribution in [3.05, 3.63) is 53.7 Å². The van der Waals surface area contributed by atoms with Crippen LogP contribution in [0.1, 0.15) is 31.9 Å². The van der Waals surface area contributed by atoms with Crippen molar-refractivity contribution in [2.75, 3.05) is 31.6 Å². The molecule has 2 heterocycles. The van der Waals surface area contributed by atoms with E-state index in [0.29, 0.717) is 6.54 Å². The zero-order chi connectivity index (χ0) is 20.2. The monoisotopic (exact) mass is 403 g/mol. The molecule has 0 amide bonds.